The van der Waals surface area contributed by atoms with Crippen LogP contribution in [-0.2, 0) is 6.42 Å². The van der Waals surface area contributed by atoms with Crippen molar-refractivity contribution in [2.45, 2.75) is 6.42 Å². The van der Waals surface area contributed by atoms with Crippen LogP contribution in [-0.4, -0.2) is 12.5 Å². The third kappa shape index (κ3) is 3.25. The quantitative estimate of drug-likeness (QED) is 0.715. The number of rotatable bonds is 5. The van der Waals surface area contributed by atoms with Crippen molar-refractivity contribution >= 4 is 17.3 Å². The van der Waals surface area contributed by atoms with E-state index in [1.807, 2.05) is 18.2 Å². The Morgan fingerprint density at radius 3 is 2.47 bits per heavy atom. The topological polar surface area (TPSA) is 81.1 Å². The average molecular weight is 255 g/mol. The van der Waals surface area contributed by atoms with Gasteiger partial charge in [-0.15, -0.1) is 0 Å². The maximum Gasteiger partial charge on any atom is 0.250 e. The Morgan fingerprint density at radius 1 is 1.05 bits per heavy atom. The summed E-state index contributed by atoms with van der Waals surface area (Å²) in [5, 5.41) is 3.19. The van der Waals surface area contributed by atoms with Crippen LogP contribution in [0.4, 0.5) is 11.4 Å². The molecule has 2 aromatic rings. The number of nitrogens with two attached hydrogens (primary N) is 2. The number of hydrogen-bond donors (Lipinski definition) is 3. The lowest BCUT2D eigenvalue weighted by Gasteiger charge is -2.12. The van der Waals surface area contributed by atoms with Gasteiger partial charge >= 0.3 is 0 Å². The van der Waals surface area contributed by atoms with Crippen LogP contribution in [0.5, 0.6) is 0 Å². The van der Waals surface area contributed by atoms with Crippen LogP contribution in [0.15, 0.2) is 48.5 Å². The first-order chi connectivity index (χ1) is 9.18. The highest BCUT2D eigenvalue weighted by Crippen LogP contribution is 2.22. The van der Waals surface area contributed by atoms with Crippen LogP contribution >= 0.6 is 0 Å². The summed E-state index contributed by atoms with van der Waals surface area (Å²) < 4.78 is 0. The lowest BCUT2D eigenvalue weighted by Crippen LogP contribution is -2.16. The fourth-order valence-electron chi connectivity index (χ4n) is 1.95. The second kappa shape index (κ2) is 5.91. The van der Waals surface area contributed by atoms with Crippen molar-refractivity contribution in [1.29, 1.82) is 0 Å². The molecule has 0 atom stereocenters. The lowest BCUT2D eigenvalue weighted by molar-refractivity contribution is 0.100. The van der Waals surface area contributed by atoms with E-state index in [2.05, 4.69) is 17.4 Å². The molecule has 0 saturated heterocycles. The summed E-state index contributed by atoms with van der Waals surface area (Å²) in [7, 11) is 0. The first-order valence-corrected chi connectivity index (χ1v) is 6.14. The molecule has 0 aliphatic heterocycles. The first-order valence-electron chi connectivity index (χ1n) is 6.14. The molecular formula is C15H17N3O. The Bertz CT molecular complexity index is 567. The van der Waals surface area contributed by atoms with Gasteiger partial charge in [0.2, 0.25) is 0 Å². The summed E-state index contributed by atoms with van der Waals surface area (Å²) in [5.41, 5.74) is 14.0. The Morgan fingerprint density at radius 2 is 1.79 bits per heavy atom. The van der Waals surface area contributed by atoms with Gasteiger partial charge < -0.3 is 16.8 Å². The minimum absolute atomic E-state index is 0.424. The van der Waals surface area contributed by atoms with Crippen molar-refractivity contribution in [3.8, 4) is 0 Å². The Balaban J connectivity index is 2.05. The average Bonchev–Trinajstić information content (AvgIpc) is 2.41. The van der Waals surface area contributed by atoms with Gasteiger partial charge in [-0.25, -0.2) is 0 Å². The molecule has 0 aliphatic carbocycles. The molecule has 5 N–H and O–H groups in total. The van der Waals surface area contributed by atoms with E-state index >= 15 is 0 Å². The maximum atomic E-state index is 11.3. The second-order valence-corrected chi connectivity index (χ2v) is 4.30. The van der Waals surface area contributed by atoms with E-state index in [9.17, 15) is 4.79 Å². The highest BCUT2D eigenvalue weighted by atomic mass is 16.1. The smallest absolute Gasteiger partial charge is 0.250 e. The van der Waals surface area contributed by atoms with Gasteiger partial charge in [-0.3, -0.25) is 4.79 Å². The molecular weight excluding hydrogens is 238 g/mol. The van der Waals surface area contributed by atoms with Gasteiger partial charge in [0.1, 0.15) is 0 Å². The van der Waals surface area contributed by atoms with Gasteiger partial charge in [0.15, 0.2) is 0 Å². The van der Waals surface area contributed by atoms with E-state index < -0.39 is 5.91 Å². The molecule has 0 aliphatic rings. The number of primary amides is 1. The number of nitrogen functional groups attached to an aromatic ring is 1. The predicted octanol–water partition coefficient (Wildman–Crippen LogP) is 2.02. The molecule has 0 saturated carbocycles. The minimum Gasteiger partial charge on any atom is -0.397 e. The predicted molar refractivity (Wildman–Crippen MR) is 78.0 cm³/mol. The molecule has 0 spiro atoms. The largest absolute Gasteiger partial charge is 0.397 e. The van der Waals surface area contributed by atoms with Crippen LogP contribution in [0.2, 0.25) is 0 Å². The van der Waals surface area contributed by atoms with E-state index in [1.54, 1.807) is 18.2 Å². The number of hydrogen-bond acceptors (Lipinski definition) is 3. The third-order valence-corrected chi connectivity index (χ3v) is 2.92. The number of para-hydroxylation sites is 1. The molecule has 0 aromatic heterocycles. The number of nitrogens with one attached hydrogen (secondary N) is 1. The van der Waals surface area contributed by atoms with Crippen molar-refractivity contribution in [2.75, 3.05) is 17.6 Å². The van der Waals surface area contributed by atoms with Gasteiger partial charge in [0, 0.05) is 6.54 Å². The van der Waals surface area contributed by atoms with Crippen LogP contribution in [0, 0.1) is 0 Å². The molecule has 2 rings (SSSR count). The highest BCUT2D eigenvalue weighted by molar-refractivity contribution is 6.01. The van der Waals surface area contributed by atoms with Crippen molar-refractivity contribution in [3.63, 3.8) is 0 Å². The Labute approximate surface area is 112 Å². The van der Waals surface area contributed by atoms with Gasteiger partial charge in [-0.05, 0) is 24.1 Å². The molecule has 0 unspecified atom stereocenters. The molecule has 0 heterocycles. The number of anilines is 2. The monoisotopic (exact) mass is 255 g/mol. The molecule has 98 valence electrons. The van der Waals surface area contributed by atoms with Crippen LogP contribution in [0.3, 0.4) is 0 Å². The molecule has 4 heteroatoms. The van der Waals surface area contributed by atoms with Crippen molar-refractivity contribution in [2.24, 2.45) is 5.73 Å². The normalized spacial score (nSPS) is 10.1. The van der Waals surface area contributed by atoms with Crippen LogP contribution in [0.1, 0.15) is 15.9 Å². The number of carbonyl (C=O) groups excluding carboxylic acids is 1. The zero-order chi connectivity index (χ0) is 13.7. The zero-order valence-electron chi connectivity index (χ0n) is 10.6. The fourth-order valence-corrected chi connectivity index (χ4v) is 1.95. The van der Waals surface area contributed by atoms with Crippen molar-refractivity contribution in [1.82, 2.24) is 0 Å². The summed E-state index contributed by atoms with van der Waals surface area (Å²) in [5.74, 6) is -0.477. The van der Waals surface area contributed by atoms with Crippen LogP contribution < -0.4 is 16.8 Å². The molecule has 0 bridgehead atoms. The van der Waals surface area contributed by atoms with E-state index in [1.165, 1.54) is 5.56 Å². The number of benzene rings is 2. The summed E-state index contributed by atoms with van der Waals surface area (Å²) in [6, 6.07) is 15.2. The van der Waals surface area contributed by atoms with E-state index in [4.69, 9.17) is 11.5 Å². The van der Waals surface area contributed by atoms with Gasteiger partial charge in [-0.2, -0.15) is 0 Å². The van der Waals surface area contributed by atoms with E-state index in [-0.39, 0.29) is 0 Å². The van der Waals surface area contributed by atoms with E-state index in [0.29, 0.717) is 23.5 Å². The van der Waals surface area contributed by atoms with Crippen molar-refractivity contribution < 1.29 is 4.79 Å². The SMILES string of the molecule is NC(=O)c1cccc(N)c1NCCc1ccccc1. The highest BCUT2D eigenvalue weighted by Gasteiger charge is 2.10. The molecule has 0 fully saturated rings. The standard InChI is InChI=1S/C15H17N3O/c16-13-8-4-7-12(15(17)19)14(13)18-10-9-11-5-2-1-3-6-11/h1-8,18H,9-10,16H2,(H2,17,19). The van der Waals surface area contributed by atoms with E-state index in [0.717, 1.165) is 6.42 Å². The van der Waals surface area contributed by atoms with Gasteiger partial charge in [0.25, 0.3) is 5.91 Å². The third-order valence-electron chi connectivity index (χ3n) is 2.92. The number of carbonyl (C=O) groups is 1. The molecule has 19 heavy (non-hydrogen) atoms. The zero-order valence-corrected chi connectivity index (χ0v) is 10.6. The molecule has 2 aromatic carbocycles. The molecule has 4 nitrogen and oxygen atoms in total. The summed E-state index contributed by atoms with van der Waals surface area (Å²) >= 11 is 0. The lowest BCUT2D eigenvalue weighted by atomic mass is 10.1. The summed E-state index contributed by atoms with van der Waals surface area (Å²) in [6.07, 6.45) is 0.855. The van der Waals surface area contributed by atoms with Crippen LogP contribution in [0.25, 0.3) is 0 Å². The Hall–Kier alpha value is -2.49. The minimum atomic E-state index is -0.477. The molecule has 1 amide bonds. The molecule has 0 radical (unpaired) electrons. The van der Waals surface area contributed by atoms with Gasteiger partial charge in [0.05, 0.1) is 16.9 Å². The number of amides is 1. The Kier molecular flexibility index (Phi) is 4.03. The summed E-state index contributed by atoms with van der Waals surface area (Å²) in [4.78, 5) is 11.3. The second-order valence-electron chi connectivity index (χ2n) is 4.30. The van der Waals surface area contributed by atoms with Crippen molar-refractivity contribution in [3.05, 3.63) is 59.7 Å². The fraction of sp³-hybridized carbons (Fsp3) is 0.133. The van der Waals surface area contributed by atoms with Gasteiger partial charge in [-0.1, -0.05) is 36.4 Å². The maximum absolute atomic E-state index is 11.3. The summed E-state index contributed by atoms with van der Waals surface area (Å²) in [6.45, 7) is 0.693. The first kappa shape index (κ1) is 13.0.